The minimum atomic E-state index is -4.39. The van der Waals surface area contributed by atoms with Crippen molar-refractivity contribution in [3.63, 3.8) is 0 Å². The van der Waals surface area contributed by atoms with Crippen LogP contribution in [0.3, 0.4) is 0 Å². The van der Waals surface area contributed by atoms with Gasteiger partial charge in [-0.15, -0.1) is 0 Å². The highest BCUT2D eigenvalue weighted by molar-refractivity contribution is 5.69. The van der Waals surface area contributed by atoms with E-state index in [1.54, 1.807) is 13.8 Å². The first kappa shape index (κ1) is 14.2. The zero-order valence-corrected chi connectivity index (χ0v) is 8.80. The second kappa shape index (κ2) is 5.95. The Morgan fingerprint density at radius 3 is 2.33 bits per heavy atom. The molecule has 0 aliphatic carbocycles. The van der Waals surface area contributed by atoms with Crippen LogP contribution in [-0.2, 0) is 9.53 Å². The van der Waals surface area contributed by atoms with Crippen LogP contribution in [0, 0.1) is 0 Å². The van der Waals surface area contributed by atoms with Gasteiger partial charge >= 0.3 is 12.1 Å². The van der Waals surface area contributed by atoms with E-state index in [0.717, 1.165) is 0 Å². The molecule has 2 N–H and O–H groups in total. The maximum atomic E-state index is 11.9. The van der Waals surface area contributed by atoms with Gasteiger partial charge in [0.15, 0.2) is 0 Å². The summed E-state index contributed by atoms with van der Waals surface area (Å²) in [5.74, 6) is -0.487. The second-order valence-corrected chi connectivity index (χ2v) is 3.58. The van der Waals surface area contributed by atoms with Gasteiger partial charge in [0, 0.05) is 6.42 Å². The van der Waals surface area contributed by atoms with E-state index in [9.17, 15) is 18.0 Å². The van der Waals surface area contributed by atoms with Crippen LogP contribution in [0.15, 0.2) is 0 Å². The lowest BCUT2D eigenvalue weighted by Crippen LogP contribution is -2.37. The summed E-state index contributed by atoms with van der Waals surface area (Å²) in [6.45, 7) is 3.36. The van der Waals surface area contributed by atoms with Crippen molar-refractivity contribution in [3.05, 3.63) is 0 Å². The molecular weight excluding hydrogens is 211 g/mol. The molecule has 0 spiro atoms. The zero-order chi connectivity index (χ0) is 12.1. The fourth-order valence-corrected chi connectivity index (χ4v) is 0.952. The van der Waals surface area contributed by atoms with Crippen molar-refractivity contribution in [1.29, 1.82) is 0 Å². The number of nitrogens with two attached hydrogens (primary N) is 1. The summed E-state index contributed by atoms with van der Waals surface area (Å²) in [7, 11) is 0. The molecule has 0 aromatic rings. The molecule has 0 radical (unpaired) electrons. The van der Waals surface area contributed by atoms with Crippen LogP contribution >= 0.6 is 0 Å². The summed E-state index contributed by atoms with van der Waals surface area (Å²) < 4.78 is 40.6. The molecule has 90 valence electrons. The number of rotatable bonds is 5. The van der Waals surface area contributed by atoms with Gasteiger partial charge in [-0.25, -0.2) is 0 Å². The number of carbonyl (C=O) groups is 1. The second-order valence-electron chi connectivity index (χ2n) is 3.58. The van der Waals surface area contributed by atoms with E-state index in [0.29, 0.717) is 0 Å². The number of halogens is 3. The van der Waals surface area contributed by atoms with E-state index in [2.05, 4.69) is 0 Å². The molecule has 0 heterocycles. The smallest absolute Gasteiger partial charge is 0.403 e. The third-order valence-electron chi connectivity index (χ3n) is 1.68. The maximum Gasteiger partial charge on any atom is 0.403 e. The van der Waals surface area contributed by atoms with Crippen LogP contribution in [0.5, 0.6) is 0 Å². The van der Waals surface area contributed by atoms with Crippen molar-refractivity contribution < 1.29 is 22.7 Å². The van der Waals surface area contributed by atoms with Gasteiger partial charge in [0.05, 0.1) is 6.10 Å². The number of carbonyl (C=O) groups excluding carboxylic acids is 1. The minimum absolute atomic E-state index is 0.0258. The third-order valence-corrected chi connectivity index (χ3v) is 1.68. The molecule has 1 atom stereocenters. The van der Waals surface area contributed by atoms with Crippen LogP contribution in [0.4, 0.5) is 13.2 Å². The van der Waals surface area contributed by atoms with E-state index < -0.39 is 18.2 Å². The maximum absolute atomic E-state index is 11.9. The van der Waals surface area contributed by atoms with Crippen molar-refractivity contribution in [2.24, 2.45) is 5.73 Å². The number of ether oxygens (including phenoxy) is 1. The normalized spacial score (nSPS) is 14.1. The van der Waals surface area contributed by atoms with E-state index in [4.69, 9.17) is 10.5 Å². The van der Waals surface area contributed by atoms with Crippen LogP contribution in [0.1, 0.15) is 33.1 Å². The van der Waals surface area contributed by atoms with Crippen LogP contribution in [0.25, 0.3) is 0 Å². The van der Waals surface area contributed by atoms with E-state index in [-0.39, 0.29) is 25.4 Å². The third kappa shape index (κ3) is 7.18. The molecule has 0 aromatic heterocycles. The Kier molecular flexibility index (Phi) is 5.64. The number of esters is 1. The number of alkyl halides is 3. The van der Waals surface area contributed by atoms with Gasteiger partial charge in [0.1, 0.15) is 6.04 Å². The molecule has 15 heavy (non-hydrogen) atoms. The van der Waals surface area contributed by atoms with Gasteiger partial charge in [0.25, 0.3) is 0 Å². The zero-order valence-electron chi connectivity index (χ0n) is 8.80. The molecule has 0 aliphatic rings. The Balaban J connectivity index is 3.67. The monoisotopic (exact) mass is 227 g/mol. The lowest BCUT2D eigenvalue weighted by atomic mass is 10.1. The fourth-order valence-electron chi connectivity index (χ4n) is 0.952. The Bertz CT molecular complexity index is 204. The summed E-state index contributed by atoms with van der Waals surface area (Å²) in [5.41, 5.74) is 4.86. The van der Waals surface area contributed by atoms with Crippen molar-refractivity contribution in [3.8, 4) is 0 Å². The largest absolute Gasteiger partial charge is 0.463 e. The van der Waals surface area contributed by atoms with E-state index in [1.165, 1.54) is 0 Å². The summed E-state index contributed by atoms with van der Waals surface area (Å²) in [4.78, 5) is 10.9. The summed E-state index contributed by atoms with van der Waals surface area (Å²) in [6, 6.07) is -1.86. The van der Waals surface area contributed by atoms with Gasteiger partial charge in [-0.3, -0.25) is 4.79 Å². The molecule has 0 aliphatic heterocycles. The Hall–Kier alpha value is -0.780. The topological polar surface area (TPSA) is 52.3 Å². The molecule has 0 unspecified atom stereocenters. The molecule has 0 fully saturated rings. The molecule has 0 rings (SSSR count). The van der Waals surface area contributed by atoms with Crippen LogP contribution in [-0.4, -0.2) is 24.3 Å². The molecular formula is C9H16F3NO2. The lowest BCUT2D eigenvalue weighted by Gasteiger charge is -2.15. The lowest BCUT2D eigenvalue weighted by molar-refractivity contribution is -0.153. The Morgan fingerprint density at radius 2 is 1.93 bits per heavy atom. The summed E-state index contributed by atoms with van der Waals surface area (Å²) in [6.07, 6.45) is -4.82. The standard InChI is InChI=1S/C9H16F3NO2/c1-6(2)15-8(14)5-3-4-7(13)9(10,11)12/h6-7H,3-5,13H2,1-2H3/t7-/m1/s1. The summed E-state index contributed by atoms with van der Waals surface area (Å²) in [5, 5.41) is 0. The van der Waals surface area contributed by atoms with Gasteiger partial charge in [-0.2, -0.15) is 13.2 Å². The highest BCUT2D eigenvalue weighted by Crippen LogP contribution is 2.21. The average Bonchev–Trinajstić information content (AvgIpc) is 2.00. The molecule has 0 aromatic carbocycles. The van der Waals surface area contributed by atoms with Crippen molar-refractivity contribution in [1.82, 2.24) is 0 Å². The minimum Gasteiger partial charge on any atom is -0.463 e. The Labute approximate surface area is 86.8 Å². The van der Waals surface area contributed by atoms with Gasteiger partial charge < -0.3 is 10.5 Å². The SMILES string of the molecule is CC(C)OC(=O)CCC[C@@H](N)C(F)(F)F. The van der Waals surface area contributed by atoms with Gasteiger partial charge in [0.2, 0.25) is 0 Å². The first-order valence-electron chi connectivity index (χ1n) is 4.75. The van der Waals surface area contributed by atoms with Crippen molar-refractivity contribution >= 4 is 5.97 Å². The van der Waals surface area contributed by atoms with Gasteiger partial charge in [-0.05, 0) is 26.7 Å². The number of hydrogen-bond acceptors (Lipinski definition) is 3. The quantitative estimate of drug-likeness (QED) is 0.731. The first-order valence-corrected chi connectivity index (χ1v) is 4.75. The highest BCUT2D eigenvalue weighted by Gasteiger charge is 2.35. The first-order chi connectivity index (χ1) is 6.73. The highest BCUT2D eigenvalue weighted by atomic mass is 19.4. The van der Waals surface area contributed by atoms with Crippen LogP contribution in [0.2, 0.25) is 0 Å². The number of hydrogen-bond donors (Lipinski definition) is 1. The van der Waals surface area contributed by atoms with Gasteiger partial charge in [-0.1, -0.05) is 0 Å². The Morgan fingerprint density at radius 1 is 1.40 bits per heavy atom. The average molecular weight is 227 g/mol. The van der Waals surface area contributed by atoms with Crippen LogP contribution < -0.4 is 5.73 Å². The predicted molar refractivity (Wildman–Crippen MR) is 49.1 cm³/mol. The molecule has 0 saturated carbocycles. The van der Waals surface area contributed by atoms with Crippen molar-refractivity contribution in [2.45, 2.75) is 51.4 Å². The summed E-state index contributed by atoms with van der Waals surface area (Å²) >= 11 is 0. The molecule has 3 nitrogen and oxygen atoms in total. The van der Waals surface area contributed by atoms with Crippen molar-refractivity contribution in [2.75, 3.05) is 0 Å². The molecule has 0 saturated heterocycles. The molecule has 0 bridgehead atoms. The molecule has 0 amide bonds. The predicted octanol–water partition coefficient (Wildman–Crippen LogP) is 2.00. The van der Waals surface area contributed by atoms with E-state index in [1.807, 2.05) is 0 Å². The van der Waals surface area contributed by atoms with E-state index >= 15 is 0 Å². The fraction of sp³-hybridized carbons (Fsp3) is 0.889. The molecule has 6 heteroatoms.